The van der Waals surface area contributed by atoms with Crippen molar-refractivity contribution in [3.05, 3.63) is 0 Å². The minimum atomic E-state index is -1.96. The Balaban J connectivity index is 3.98. The van der Waals surface area contributed by atoms with Crippen LogP contribution in [0.15, 0.2) is 0 Å². The van der Waals surface area contributed by atoms with Crippen molar-refractivity contribution in [3.8, 4) is 0 Å². The second-order valence-corrected chi connectivity index (χ2v) is 12.5. The fourth-order valence-corrected chi connectivity index (χ4v) is 5.10. The van der Waals surface area contributed by atoms with Crippen LogP contribution in [-0.4, -0.2) is 45.6 Å². The molecule has 1 unspecified atom stereocenters. The predicted octanol–water partition coefficient (Wildman–Crippen LogP) is 3.28. The average molecular weight is 295 g/mol. The predicted molar refractivity (Wildman–Crippen MR) is 79.4 cm³/mol. The van der Waals surface area contributed by atoms with E-state index in [4.69, 9.17) is 17.7 Å². The summed E-state index contributed by atoms with van der Waals surface area (Å²) in [7, 11) is 3.16. The van der Waals surface area contributed by atoms with Gasteiger partial charge in [-0.05, 0) is 31.1 Å². The van der Waals surface area contributed by atoms with Gasteiger partial charge in [0, 0.05) is 28.4 Å². The van der Waals surface area contributed by atoms with Crippen LogP contribution >= 0.6 is 0 Å². The first-order chi connectivity index (χ1) is 8.37. The zero-order valence-electron chi connectivity index (χ0n) is 13.0. The maximum Gasteiger partial charge on any atom is 0.337 e. The summed E-state index contributed by atoms with van der Waals surface area (Å²) in [4.78, 5) is 0. The molecule has 0 aromatic heterocycles. The van der Waals surface area contributed by atoms with Gasteiger partial charge in [-0.2, -0.15) is 0 Å². The van der Waals surface area contributed by atoms with Crippen molar-refractivity contribution in [3.63, 3.8) is 0 Å². The minimum Gasteiger partial charge on any atom is -0.398 e. The highest BCUT2D eigenvalue weighted by molar-refractivity contribution is 6.67. The van der Waals surface area contributed by atoms with Gasteiger partial charge < -0.3 is 17.7 Å². The van der Waals surface area contributed by atoms with E-state index in [1.165, 1.54) is 6.42 Å². The highest BCUT2D eigenvalue weighted by atomic mass is 28.4. The molecule has 110 valence electrons. The number of hydrogen-bond acceptors (Lipinski definition) is 4. The van der Waals surface area contributed by atoms with Crippen LogP contribution in [0.5, 0.6) is 0 Å². The van der Waals surface area contributed by atoms with Crippen molar-refractivity contribution in [1.82, 2.24) is 0 Å². The zero-order valence-corrected chi connectivity index (χ0v) is 15.0. The Morgan fingerprint density at radius 3 is 1.72 bits per heavy atom. The molecule has 0 saturated heterocycles. The van der Waals surface area contributed by atoms with Crippen LogP contribution in [0, 0.1) is 0 Å². The maximum absolute atomic E-state index is 5.57. The van der Waals surface area contributed by atoms with Crippen molar-refractivity contribution in [2.24, 2.45) is 0 Å². The van der Waals surface area contributed by atoms with Gasteiger partial charge in [0.25, 0.3) is 0 Å². The second-order valence-electron chi connectivity index (χ2n) is 5.11. The molecule has 0 radical (unpaired) electrons. The second kappa shape index (κ2) is 8.45. The summed E-state index contributed by atoms with van der Waals surface area (Å²) >= 11 is 0. The smallest absolute Gasteiger partial charge is 0.337 e. The van der Waals surface area contributed by atoms with Gasteiger partial charge in [-0.15, -0.1) is 0 Å². The molecule has 0 N–H and O–H groups in total. The summed E-state index contributed by atoms with van der Waals surface area (Å²) in [5, 5.41) is 0. The fraction of sp³-hybridized carbons (Fsp3) is 1.00. The van der Waals surface area contributed by atoms with E-state index in [-0.39, 0.29) is 0 Å². The van der Waals surface area contributed by atoms with Crippen LogP contribution in [0.2, 0.25) is 24.7 Å². The summed E-state index contributed by atoms with van der Waals surface area (Å²) in [6.45, 7) is 6.46. The van der Waals surface area contributed by atoms with Crippen LogP contribution in [0.3, 0.4) is 0 Å². The van der Waals surface area contributed by atoms with E-state index in [0.717, 1.165) is 18.9 Å². The van der Waals surface area contributed by atoms with Crippen LogP contribution in [0.25, 0.3) is 0 Å². The van der Waals surface area contributed by atoms with Crippen molar-refractivity contribution in [1.29, 1.82) is 0 Å². The van der Waals surface area contributed by atoms with Crippen molar-refractivity contribution in [2.75, 3.05) is 28.4 Å². The van der Waals surface area contributed by atoms with Crippen molar-refractivity contribution >= 4 is 17.1 Å². The molecule has 0 saturated carbocycles. The molecule has 6 heteroatoms. The molecule has 0 amide bonds. The molecule has 0 heterocycles. The number of rotatable bonds is 10. The van der Waals surface area contributed by atoms with E-state index in [2.05, 4.69) is 20.0 Å². The molecular weight excluding hydrogens is 264 g/mol. The molecule has 0 rings (SSSR count). The first kappa shape index (κ1) is 18.3. The van der Waals surface area contributed by atoms with Gasteiger partial charge in [0.2, 0.25) is 0 Å². The average Bonchev–Trinajstić information content (AvgIpc) is 2.41. The summed E-state index contributed by atoms with van der Waals surface area (Å²) < 4.78 is 22.1. The monoisotopic (exact) mass is 294 g/mol. The maximum atomic E-state index is 5.57. The molecule has 0 aliphatic heterocycles. The normalized spacial score (nSPS) is 14.8. The lowest BCUT2D eigenvalue weighted by molar-refractivity contribution is 0.235. The van der Waals surface area contributed by atoms with E-state index in [1.807, 2.05) is 0 Å². The van der Waals surface area contributed by atoms with Crippen LogP contribution in [0.4, 0.5) is 0 Å². The third-order valence-corrected chi connectivity index (χ3v) is 10.8. The molecule has 0 aliphatic rings. The SMILES string of the molecule is CO[Si](C)(CCCCC(C)[Si](C)(OC)OC)OC. The molecule has 0 aromatic carbocycles. The Kier molecular flexibility index (Phi) is 8.57. The van der Waals surface area contributed by atoms with Gasteiger partial charge in [-0.3, -0.25) is 0 Å². The number of hydrogen-bond donors (Lipinski definition) is 0. The Morgan fingerprint density at radius 1 is 0.833 bits per heavy atom. The van der Waals surface area contributed by atoms with Crippen molar-refractivity contribution < 1.29 is 17.7 Å². The molecule has 4 nitrogen and oxygen atoms in total. The summed E-state index contributed by atoms with van der Waals surface area (Å²) in [5.74, 6) is 0. The first-order valence-corrected chi connectivity index (χ1v) is 11.5. The number of unbranched alkanes of at least 4 members (excludes halogenated alkanes) is 1. The first-order valence-electron chi connectivity index (χ1n) is 6.58. The lowest BCUT2D eigenvalue weighted by Gasteiger charge is -2.29. The quantitative estimate of drug-likeness (QED) is 0.458. The van der Waals surface area contributed by atoms with Gasteiger partial charge in [-0.25, -0.2) is 0 Å². The third-order valence-electron chi connectivity index (χ3n) is 4.09. The molecular formula is C12H30O4Si2. The standard InChI is InChI=1S/C12H30O4Si2/c1-12(18(7,15-4)16-5)10-8-9-11-17(6,13-2)14-3/h12H,8-11H2,1-7H3. The van der Waals surface area contributed by atoms with Crippen molar-refractivity contribution in [2.45, 2.75) is 50.9 Å². The van der Waals surface area contributed by atoms with Gasteiger partial charge in [0.05, 0.1) is 0 Å². The highest BCUT2D eigenvalue weighted by Gasteiger charge is 2.36. The third kappa shape index (κ3) is 5.50. The van der Waals surface area contributed by atoms with Crippen LogP contribution < -0.4 is 0 Å². The topological polar surface area (TPSA) is 36.9 Å². The molecule has 0 aromatic rings. The summed E-state index contributed by atoms with van der Waals surface area (Å²) in [6.07, 6.45) is 3.46. The molecule has 0 fully saturated rings. The van der Waals surface area contributed by atoms with Gasteiger partial charge in [-0.1, -0.05) is 19.8 Å². The Bertz CT molecular complexity index is 218. The molecule has 0 aliphatic carbocycles. The van der Waals surface area contributed by atoms with E-state index in [1.54, 1.807) is 28.4 Å². The molecule has 0 bridgehead atoms. The Morgan fingerprint density at radius 2 is 1.33 bits per heavy atom. The lowest BCUT2D eigenvalue weighted by atomic mass is 10.2. The lowest BCUT2D eigenvalue weighted by Crippen LogP contribution is -2.40. The summed E-state index contributed by atoms with van der Waals surface area (Å²) in [6, 6.07) is 1.05. The fourth-order valence-electron chi connectivity index (χ4n) is 1.93. The highest BCUT2D eigenvalue weighted by Crippen LogP contribution is 2.29. The minimum absolute atomic E-state index is 0.505. The molecule has 18 heavy (non-hydrogen) atoms. The zero-order chi connectivity index (χ0) is 14.2. The van der Waals surface area contributed by atoms with Gasteiger partial charge in [0.1, 0.15) is 0 Å². The largest absolute Gasteiger partial charge is 0.398 e. The van der Waals surface area contributed by atoms with E-state index in [0.29, 0.717) is 5.54 Å². The van der Waals surface area contributed by atoms with Crippen LogP contribution in [0.1, 0.15) is 26.2 Å². The molecule has 0 spiro atoms. The van der Waals surface area contributed by atoms with E-state index >= 15 is 0 Å². The van der Waals surface area contributed by atoms with Gasteiger partial charge in [0.15, 0.2) is 0 Å². The van der Waals surface area contributed by atoms with E-state index < -0.39 is 17.1 Å². The summed E-state index contributed by atoms with van der Waals surface area (Å²) in [5.41, 5.74) is 0.505. The Hall–Kier alpha value is 0.274. The molecule has 1 atom stereocenters. The van der Waals surface area contributed by atoms with E-state index in [9.17, 15) is 0 Å². The van der Waals surface area contributed by atoms with Gasteiger partial charge >= 0.3 is 17.1 Å². The van der Waals surface area contributed by atoms with Crippen LogP contribution in [-0.2, 0) is 17.7 Å². The Labute approximate surface area is 114 Å².